The standard InChI is InChI=1S/C17H12Cl2N2O4/c1-2-24-17(23)25-13-9-21(12-6-4-3-5-11(12)18)16-10(15(13)22)7-8-14(19)20-16/h3-9H,2H2,1H3. The Labute approximate surface area is 152 Å². The lowest BCUT2D eigenvalue weighted by Crippen LogP contribution is -2.18. The molecule has 6 nitrogen and oxygen atoms in total. The number of hydrogen-bond acceptors (Lipinski definition) is 5. The normalized spacial score (nSPS) is 10.7. The number of para-hydroxylation sites is 1. The molecule has 0 spiro atoms. The van der Waals surface area contributed by atoms with Crippen LogP contribution >= 0.6 is 23.2 Å². The van der Waals surface area contributed by atoms with Gasteiger partial charge in [-0.3, -0.25) is 9.36 Å². The van der Waals surface area contributed by atoms with E-state index in [1.165, 1.54) is 18.3 Å². The summed E-state index contributed by atoms with van der Waals surface area (Å²) in [6, 6.07) is 9.98. The fraction of sp³-hybridized carbons (Fsp3) is 0.118. The largest absolute Gasteiger partial charge is 0.514 e. The van der Waals surface area contributed by atoms with Crippen molar-refractivity contribution in [2.24, 2.45) is 0 Å². The van der Waals surface area contributed by atoms with Crippen LogP contribution in [0.25, 0.3) is 16.7 Å². The lowest BCUT2D eigenvalue weighted by molar-refractivity contribution is 0.104. The predicted molar refractivity (Wildman–Crippen MR) is 95.0 cm³/mol. The first kappa shape index (κ1) is 17.3. The van der Waals surface area contributed by atoms with Crippen LogP contribution in [0.3, 0.4) is 0 Å². The van der Waals surface area contributed by atoms with Crippen LogP contribution < -0.4 is 10.2 Å². The van der Waals surface area contributed by atoms with Gasteiger partial charge in [0.15, 0.2) is 5.75 Å². The zero-order chi connectivity index (χ0) is 18.0. The first-order valence-electron chi connectivity index (χ1n) is 7.32. The second-order valence-corrected chi connectivity index (χ2v) is 5.73. The minimum Gasteiger partial charge on any atom is -0.434 e. The van der Waals surface area contributed by atoms with Crippen molar-refractivity contribution in [2.45, 2.75) is 6.92 Å². The summed E-state index contributed by atoms with van der Waals surface area (Å²) >= 11 is 12.2. The van der Waals surface area contributed by atoms with Gasteiger partial charge in [0.05, 0.1) is 28.9 Å². The maximum Gasteiger partial charge on any atom is 0.514 e. The highest BCUT2D eigenvalue weighted by Gasteiger charge is 2.17. The van der Waals surface area contributed by atoms with Crippen molar-refractivity contribution in [1.82, 2.24) is 9.55 Å². The fourth-order valence-electron chi connectivity index (χ4n) is 2.30. The molecule has 2 aromatic heterocycles. The molecule has 0 saturated heterocycles. The monoisotopic (exact) mass is 378 g/mol. The minimum absolute atomic E-state index is 0.127. The number of carbonyl (C=O) groups excluding carboxylic acids is 1. The molecular formula is C17H12Cl2N2O4. The number of carbonyl (C=O) groups is 1. The third kappa shape index (κ3) is 3.45. The summed E-state index contributed by atoms with van der Waals surface area (Å²) in [6.07, 6.45) is 0.373. The number of benzene rings is 1. The number of pyridine rings is 2. The Kier molecular flexibility index (Phi) is 4.92. The second kappa shape index (κ2) is 7.13. The Bertz CT molecular complexity index is 1020. The molecule has 0 bridgehead atoms. The first-order chi connectivity index (χ1) is 12.0. The first-order valence-corrected chi connectivity index (χ1v) is 8.08. The van der Waals surface area contributed by atoms with E-state index in [-0.39, 0.29) is 22.9 Å². The maximum atomic E-state index is 12.6. The van der Waals surface area contributed by atoms with E-state index in [1.54, 1.807) is 35.8 Å². The highest BCUT2D eigenvalue weighted by molar-refractivity contribution is 6.32. The van der Waals surface area contributed by atoms with Crippen LogP contribution in [0.2, 0.25) is 10.2 Å². The zero-order valence-corrected chi connectivity index (χ0v) is 14.5. The molecule has 3 rings (SSSR count). The van der Waals surface area contributed by atoms with Crippen LogP contribution in [0.4, 0.5) is 4.79 Å². The van der Waals surface area contributed by atoms with Gasteiger partial charge in [-0.25, -0.2) is 9.78 Å². The van der Waals surface area contributed by atoms with Crippen LogP contribution in [0.1, 0.15) is 6.92 Å². The van der Waals surface area contributed by atoms with Crippen LogP contribution in [0, 0.1) is 0 Å². The molecular weight excluding hydrogens is 367 g/mol. The summed E-state index contributed by atoms with van der Waals surface area (Å²) in [5.41, 5.74) is 0.343. The van der Waals surface area contributed by atoms with Crippen molar-refractivity contribution < 1.29 is 14.3 Å². The van der Waals surface area contributed by atoms with Gasteiger partial charge in [-0.05, 0) is 31.2 Å². The van der Waals surface area contributed by atoms with Gasteiger partial charge in [-0.15, -0.1) is 0 Å². The molecule has 0 aliphatic heterocycles. The topological polar surface area (TPSA) is 70.4 Å². The maximum absolute atomic E-state index is 12.6. The number of halogens is 2. The molecule has 2 heterocycles. The molecule has 0 atom stereocenters. The number of hydrogen-bond donors (Lipinski definition) is 0. The van der Waals surface area contributed by atoms with Crippen molar-refractivity contribution in [1.29, 1.82) is 0 Å². The molecule has 0 aliphatic rings. The van der Waals surface area contributed by atoms with Crippen molar-refractivity contribution in [3.05, 3.63) is 63.0 Å². The van der Waals surface area contributed by atoms with Gasteiger partial charge in [-0.2, -0.15) is 0 Å². The Morgan fingerprint density at radius 3 is 2.68 bits per heavy atom. The number of ether oxygens (including phenoxy) is 2. The Balaban J connectivity index is 2.29. The summed E-state index contributed by atoms with van der Waals surface area (Å²) in [4.78, 5) is 28.4. The van der Waals surface area contributed by atoms with E-state index < -0.39 is 11.6 Å². The lowest BCUT2D eigenvalue weighted by atomic mass is 10.2. The second-order valence-electron chi connectivity index (χ2n) is 4.93. The molecule has 1 aromatic carbocycles. The van der Waals surface area contributed by atoms with Crippen molar-refractivity contribution >= 4 is 40.4 Å². The molecule has 0 aliphatic carbocycles. The van der Waals surface area contributed by atoms with Crippen LogP contribution in [0.5, 0.6) is 5.75 Å². The zero-order valence-electron chi connectivity index (χ0n) is 13.0. The van der Waals surface area contributed by atoms with Crippen LogP contribution in [-0.2, 0) is 4.74 Å². The molecule has 0 fully saturated rings. The van der Waals surface area contributed by atoms with E-state index in [9.17, 15) is 9.59 Å². The van der Waals surface area contributed by atoms with Crippen molar-refractivity contribution in [3.63, 3.8) is 0 Å². The van der Waals surface area contributed by atoms with Gasteiger partial charge in [0.2, 0.25) is 5.43 Å². The summed E-state index contributed by atoms with van der Waals surface area (Å²) in [6.45, 7) is 1.76. The Hall–Kier alpha value is -2.57. The van der Waals surface area contributed by atoms with Crippen LogP contribution in [0.15, 0.2) is 47.4 Å². The molecule has 0 saturated carbocycles. The number of rotatable bonds is 3. The molecule has 3 aromatic rings. The van der Waals surface area contributed by atoms with E-state index in [0.29, 0.717) is 16.4 Å². The highest BCUT2D eigenvalue weighted by Crippen LogP contribution is 2.25. The third-order valence-electron chi connectivity index (χ3n) is 3.35. The van der Waals surface area contributed by atoms with Gasteiger partial charge in [0.25, 0.3) is 0 Å². The summed E-state index contributed by atoms with van der Waals surface area (Å²) in [7, 11) is 0. The summed E-state index contributed by atoms with van der Waals surface area (Å²) in [5, 5.41) is 0.870. The molecule has 0 amide bonds. The van der Waals surface area contributed by atoms with E-state index in [4.69, 9.17) is 32.7 Å². The molecule has 128 valence electrons. The van der Waals surface area contributed by atoms with Crippen molar-refractivity contribution in [2.75, 3.05) is 6.61 Å². The summed E-state index contributed by atoms with van der Waals surface area (Å²) < 4.78 is 11.3. The Morgan fingerprint density at radius 2 is 1.96 bits per heavy atom. The average molecular weight is 379 g/mol. The lowest BCUT2D eigenvalue weighted by Gasteiger charge is -2.14. The van der Waals surface area contributed by atoms with E-state index in [0.717, 1.165) is 0 Å². The molecule has 8 heteroatoms. The van der Waals surface area contributed by atoms with Gasteiger partial charge in [0.1, 0.15) is 10.8 Å². The Morgan fingerprint density at radius 1 is 1.20 bits per heavy atom. The van der Waals surface area contributed by atoms with E-state index in [1.807, 2.05) is 0 Å². The SMILES string of the molecule is CCOC(=O)Oc1cn(-c2ccccc2Cl)c2nc(Cl)ccc2c1=O. The number of aromatic nitrogens is 2. The van der Waals surface area contributed by atoms with E-state index in [2.05, 4.69) is 4.98 Å². The van der Waals surface area contributed by atoms with Gasteiger partial charge < -0.3 is 9.47 Å². The van der Waals surface area contributed by atoms with Gasteiger partial charge in [-0.1, -0.05) is 35.3 Å². The molecule has 0 radical (unpaired) electrons. The quantitative estimate of drug-likeness (QED) is 0.503. The molecule has 0 unspecified atom stereocenters. The summed E-state index contributed by atoms with van der Waals surface area (Å²) in [5.74, 6) is -0.199. The minimum atomic E-state index is -0.966. The van der Waals surface area contributed by atoms with Gasteiger partial charge in [0, 0.05) is 0 Å². The molecule has 25 heavy (non-hydrogen) atoms. The highest BCUT2D eigenvalue weighted by atomic mass is 35.5. The fourth-order valence-corrected chi connectivity index (χ4v) is 2.67. The molecule has 0 N–H and O–H groups in total. The van der Waals surface area contributed by atoms with E-state index >= 15 is 0 Å². The van der Waals surface area contributed by atoms with Crippen molar-refractivity contribution in [3.8, 4) is 11.4 Å². The third-order valence-corrected chi connectivity index (χ3v) is 3.88. The number of fused-ring (bicyclic) bond motifs is 1. The number of nitrogens with zero attached hydrogens (tertiary/aromatic N) is 2. The smallest absolute Gasteiger partial charge is 0.434 e. The predicted octanol–water partition coefficient (Wildman–Crippen LogP) is 4.23. The van der Waals surface area contributed by atoms with Gasteiger partial charge >= 0.3 is 6.16 Å². The van der Waals surface area contributed by atoms with Crippen LogP contribution in [-0.4, -0.2) is 22.3 Å². The average Bonchev–Trinajstić information content (AvgIpc) is 2.58.